The minimum absolute atomic E-state index is 0.108. The molecule has 2 heterocycles. The first-order valence-electron chi connectivity index (χ1n) is 6.91. The fraction of sp³-hybridized carbons (Fsp3) is 0.467. The van der Waals surface area contributed by atoms with Gasteiger partial charge in [-0.2, -0.15) is 0 Å². The molecule has 1 aromatic carbocycles. The molecule has 112 valence electrons. The monoisotopic (exact) mass is 307 g/mol. The Labute approximate surface area is 127 Å². The van der Waals surface area contributed by atoms with Gasteiger partial charge < -0.3 is 14.4 Å². The van der Waals surface area contributed by atoms with Crippen LogP contribution in [0.1, 0.15) is 18.9 Å². The number of carbonyl (C=O) groups is 2. The number of rotatable bonds is 4. The number of amides is 1. The number of fused-ring (bicyclic) bond motifs is 1. The molecule has 1 aromatic rings. The van der Waals surface area contributed by atoms with Crippen molar-refractivity contribution in [3.63, 3.8) is 0 Å². The number of nitrogens with zero attached hydrogens (tertiary/aromatic N) is 1. The fourth-order valence-electron chi connectivity index (χ4n) is 2.61. The second-order valence-corrected chi connectivity index (χ2v) is 6.53. The Hall–Kier alpha value is -1.69. The Morgan fingerprint density at radius 3 is 3.00 bits per heavy atom. The molecule has 2 aliphatic heterocycles. The molecule has 1 amide bonds. The highest BCUT2D eigenvalue weighted by Gasteiger charge is 2.30. The summed E-state index contributed by atoms with van der Waals surface area (Å²) in [6.45, 7) is 3.11. The minimum atomic E-state index is 0.108. The van der Waals surface area contributed by atoms with E-state index < -0.39 is 0 Å². The Bertz CT molecular complexity index is 575. The van der Waals surface area contributed by atoms with E-state index >= 15 is 0 Å². The number of carbonyl (C=O) groups excluding carboxylic acids is 2. The molecule has 6 heteroatoms. The van der Waals surface area contributed by atoms with E-state index in [-0.39, 0.29) is 23.7 Å². The van der Waals surface area contributed by atoms with Gasteiger partial charge in [-0.25, -0.2) is 0 Å². The summed E-state index contributed by atoms with van der Waals surface area (Å²) in [6.07, 6.45) is 0.533. The van der Waals surface area contributed by atoms with Gasteiger partial charge in [0.25, 0.3) is 0 Å². The normalized spacial score (nSPS) is 20.1. The van der Waals surface area contributed by atoms with Crippen LogP contribution in [0.15, 0.2) is 18.2 Å². The topological polar surface area (TPSA) is 55.8 Å². The van der Waals surface area contributed by atoms with Gasteiger partial charge in [-0.3, -0.25) is 9.59 Å². The van der Waals surface area contributed by atoms with Crippen molar-refractivity contribution >= 4 is 22.8 Å². The van der Waals surface area contributed by atoms with Crippen LogP contribution in [0.25, 0.3) is 0 Å². The maximum Gasteiger partial charge on any atom is 0.231 e. The summed E-state index contributed by atoms with van der Waals surface area (Å²) in [5, 5.41) is 0.108. The number of likely N-dealkylation sites (tertiary alicyclic amines) is 1. The predicted octanol–water partition coefficient (Wildman–Crippen LogP) is 2.04. The molecule has 0 saturated carbocycles. The van der Waals surface area contributed by atoms with Gasteiger partial charge in [-0.05, 0) is 23.6 Å². The fourth-order valence-corrected chi connectivity index (χ4v) is 3.31. The molecule has 5 nitrogen and oxygen atoms in total. The van der Waals surface area contributed by atoms with Crippen molar-refractivity contribution in [1.82, 2.24) is 4.90 Å². The number of benzene rings is 1. The van der Waals surface area contributed by atoms with Crippen LogP contribution >= 0.6 is 11.8 Å². The van der Waals surface area contributed by atoms with E-state index in [1.165, 1.54) is 11.8 Å². The summed E-state index contributed by atoms with van der Waals surface area (Å²) in [4.78, 5) is 24.9. The lowest BCUT2D eigenvalue weighted by Gasteiger charge is -2.16. The van der Waals surface area contributed by atoms with Crippen molar-refractivity contribution in [3.05, 3.63) is 23.8 Å². The number of ether oxygens (including phenoxy) is 2. The second kappa shape index (κ2) is 5.97. The molecule has 0 spiro atoms. The van der Waals surface area contributed by atoms with E-state index in [1.54, 1.807) is 6.92 Å². The first-order chi connectivity index (χ1) is 10.1. The quantitative estimate of drug-likeness (QED) is 0.852. The standard InChI is InChI=1S/C15H17NO4S/c1-10(17)21-8-12-5-15(18)16(7-12)6-11-2-3-13-14(4-11)20-9-19-13/h2-4,12H,5-9H2,1H3. The maximum atomic E-state index is 12.0. The first kappa shape index (κ1) is 14.3. The van der Waals surface area contributed by atoms with Gasteiger partial charge in [0, 0.05) is 32.2 Å². The smallest absolute Gasteiger partial charge is 0.231 e. The van der Waals surface area contributed by atoms with Gasteiger partial charge in [0.15, 0.2) is 16.6 Å². The van der Waals surface area contributed by atoms with Gasteiger partial charge in [-0.1, -0.05) is 17.8 Å². The van der Waals surface area contributed by atoms with Crippen LogP contribution in [0.3, 0.4) is 0 Å². The average Bonchev–Trinajstić information content (AvgIpc) is 3.03. The Kier molecular flexibility index (Phi) is 4.05. The number of thioether (sulfide) groups is 1. The van der Waals surface area contributed by atoms with E-state index in [9.17, 15) is 9.59 Å². The third kappa shape index (κ3) is 3.32. The van der Waals surface area contributed by atoms with Gasteiger partial charge in [0.2, 0.25) is 12.7 Å². The molecule has 0 aliphatic carbocycles. The average molecular weight is 307 g/mol. The van der Waals surface area contributed by atoms with Crippen LogP contribution in [0, 0.1) is 5.92 Å². The molecule has 2 aliphatic rings. The van der Waals surface area contributed by atoms with Gasteiger partial charge in [-0.15, -0.1) is 0 Å². The lowest BCUT2D eigenvalue weighted by atomic mass is 10.1. The number of hydrogen-bond acceptors (Lipinski definition) is 5. The molecule has 21 heavy (non-hydrogen) atoms. The third-order valence-electron chi connectivity index (χ3n) is 3.63. The molecule has 3 rings (SSSR count). The highest BCUT2D eigenvalue weighted by atomic mass is 32.2. The lowest BCUT2D eigenvalue weighted by molar-refractivity contribution is -0.128. The third-order valence-corrected chi connectivity index (χ3v) is 4.67. The van der Waals surface area contributed by atoms with Crippen molar-refractivity contribution < 1.29 is 19.1 Å². The Morgan fingerprint density at radius 2 is 2.19 bits per heavy atom. The van der Waals surface area contributed by atoms with Crippen LogP contribution in [-0.2, 0) is 16.1 Å². The van der Waals surface area contributed by atoms with Crippen LogP contribution in [0.4, 0.5) is 0 Å². The predicted molar refractivity (Wildman–Crippen MR) is 79.2 cm³/mol. The summed E-state index contributed by atoms with van der Waals surface area (Å²) < 4.78 is 10.6. The zero-order valence-electron chi connectivity index (χ0n) is 11.8. The van der Waals surface area contributed by atoms with Crippen LogP contribution in [0.2, 0.25) is 0 Å². The number of hydrogen-bond donors (Lipinski definition) is 0. The molecule has 0 bridgehead atoms. The molecule has 1 fully saturated rings. The van der Waals surface area contributed by atoms with Crippen molar-refractivity contribution in [3.8, 4) is 11.5 Å². The van der Waals surface area contributed by atoms with Crippen molar-refractivity contribution in [2.75, 3.05) is 19.1 Å². The van der Waals surface area contributed by atoms with E-state index in [0.717, 1.165) is 22.8 Å². The summed E-state index contributed by atoms with van der Waals surface area (Å²) in [5.41, 5.74) is 1.03. The van der Waals surface area contributed by atoms with Crippen LogP contribution < -0.4 is 9.47 Å². The van der Waals surface area contributed by atoms with Gasteiger partial charge >= 0.3 is 0 Å². The summed E-state index contributed by atoms with van der Waals surface area (Å²) in [6, 6.07) is 5.76. The second-order valence-electron chi connectivity index (χ2n) is 5.33. The summed E-state index contributed by atoms with van der Waals surface area (Å²) in [5.74, 6) is 2.63. The highest BCUT2D eigenvalue weighted by Crippen LogP contribution is 2.33. The maximum absolute atomic E-state index is 12.0. The molecule has 0 aromatic heterocycles. The molecule has 1 saturated heterocycles. The SMILES string of the molecule is CC(=O)SCC1CC(=O)N(Cc2ccc3c(c2)OCO3)C1. The van der Waals surface area contributed by atoms with E-state index in [4.69, 9.17) is 9.47 Å². The molecule has 0 radical (unpaired) electrons. The molecular weight excluding hydrogens is 290 g/mol. The highest BCUT2D eigenvalue weighted by molar-refractivity contribution is 8.13. The van der Waals surface area contributed by atoms with E-state index in [0.29, 0.717) is 19.5 Å². The van der Waals surface area contributed by atoms with Gasteiger partial charge in [0.1, 0.15) is 0 Å². The zero-order chi connectivity index (χ0) is 14.8. The van der Waals surface area contributed by atoms with E-state index in [2.05, 4.69) is 0 Å². The molecule has 1 unspecified atom stereocenters. The van der Waals surface area contributed by atoms with Crippen LogP contribution in [-0.4, -0.2) is 35.0 Å². The van der Waals surface area contributed by atoms with Crippen LogP contribution in [0.5, 0.6) is 11.5 Å². The van der Waals surface area contributed by atoms with Crippen molar-refractivity contribution in [2.24, 2.45) is 5.92 Å². The minimum Gasteiger partial charge on any atom is -0.454 e. The lowest BCUT2D eigenvalue weighted by Crippen LogP contribution is -2.24. The largest absolute Gasteiger partial charge is 0.454 e. The Balaban J connectivity index is 1.60. The van der Waals surface area contributed by atoms with Gasteiger partial charge in [0.05, 0.1) is 0 Å². The Morgan fingerprint density at radius 1 is 1.38 bits per heavy atom. The molecule has 1 atom stereocenters. The van der Waals surface area contributed by atoms with E-state index in [1.807, 2.05) is 23.1 Å². The first-order valence-corrected chi connectivity index (χ1v) is 7.90. The zero-order valence-corrected chi connectivity index (χ0v) is 12.6. The summed E-state index contributed by atoms with van der Waals surface area (Å²) in [7, 11) is 0. The molecule has 0 N–H and O–H groups in total. The van der Waals surface area contributed by atoms with Crippen molar-refractivity contribution in [1.29, 1.82) is 0 Å². The molecular formula is C15H17NO4S. The summed E-state index contributed by atoms with van der Waals surface area (Å²) >= 11 is 1.30. The van der Waals surface area contributed by atoms with Crippen molar-refractivity contribution in [2.45, 2.75) is 19.9 Å².